The lowest BCUT2D eigenvalue weighted by atomic mass is 10.3. The molecule has 0 unspecified atom stereocenters. The predicted molar refractivity (Wildman–Crippen MR) is 43.0 cm³/mol. The Hall–Kier alpha value is -0.900. The average molecular weight is 288 g/mol. The number of halogens is 8. The van der Waals surface area contributed by atoms with Crippen LogP contribution < -0.4 is 0 Å². The van der Waals surface area contributed by atoms with Crippen molar-refractivity contribution in [1.82, 2.24) is 0 Å². The van der Waals surface area contributed by atoms with Gasteiger partial charge in [-0.3, -0.25) is 0 Å². The van der Waals surface area contributed by atoms with Crippen molar-refractivity contribution in [1.29, 1.82) is 0 Å². The summed E-state index contributed by atoms with van der Waals surface area (Å²) in [6.45, 7) is -3.30. The quantitative estimate of drug-likeness (QED) is 0.638. The molecule has 0 bridgehead atoms. The van der Waals surface area contributed by atoms with Gasteiger partial charge in [-0.15, -0.1) is 0 Å². The zero-order valence-corrected chi connectivity index (χ0v) is 8.67. The highest BCUT2D eigenvalue weighted by molar-refractivity contribution is 4.91. The van der Waals surface area contributed by atoms with Gasteiger partial charge in [0, 0.05) is 0 Å². The summed E-state index contributed by atoms with van der Waals surface area (Å²) in [7, 11) is 0. The van der Waals surface area contributed by atoms with E-state index < -0.39 is 43.9 Å². The standard InChI is InChI=1S/C8H8F8O2/c1-5(10)7(13,14)18-4-6(11,12)8(15,16)17-3-2-9/h1-4H2. The zero-order chi connectivity index (χ0) is 14.6. The first-order valence-corrected chi connectivity index (χ1v) is 4.28. The molecule has 0 aliphatic heterocycles. The van der Waals surface area contributed by atoms with Crippen molar-refractivity contribution in [2.45, 2.75) is 18.1 Å². The summed E-state index contributed by atoms with van der Waals surface area (Å²) < 4.78 is 105. The molecule has 0 rings (SSSR count). The van der Waals surface area contributed by atoms with Crippen molar-refractivity contribution in [2.75, 3.05) is 19.9 Å². The lowest BCUT2D eigenvalue weighted by Gasteiger charge is -2.26. The van der Waals surface area contributed by atoms with Gasteiger partial charge in [0.2, 0.25) is 0 Å². The summed E-state index contributed by atoms with van der Waals surface area (Å²) in [5.41, 5.74) is 0. The van der Waals surface area contributed by atoms with Crippen LogP contribution in [0, 0.1) is 0 Å². The van der Waals surface area contributed by atoms with Crippen molar-refractivity contribution in [3.8, 4) is 0 Å². The van der Waals surface area contributed by atoms with E-state index in [1.165, 1.54) is 0 Å². The number of hydrogen-bond acceptors (Lipinski definition) is 2. The summed E-state index contributed by atoms with van der Waals surface area (Å²) in [5.74, 6) is -7.62. The Morgan fingerprint density at radius 3 is 1.89 bits per heavy atom. The molecule has 0 amide bonds. The molecule has 0 aliphatic rings. The zero-order valence-electron chi connectivity index (χ0n) is 8.67. The van der Waals surface area contributed by atoms with Crippen LogP contribution >= 0.6 is 0 Å². The van der Waals surface area contributed by atoms with Gasteiger partial charge < -0.3 is 9.47 Å². The lowest BCUT2D eigenvalue weighted by molar-refractivity contribution is -0.371. The Morgan fingerprint density at radius 2 is 1.50 bits per heavy atom. The Labute approximate surface area is 96.2 Å². The van der Waals surface area contributed by atoms with Gasteiger partial charge in [0.1, 0.15) is 13.3 Å². The van der Waals surface area contributed by atoms with Gasteiger partial charge in [0.15, 0.2) is 5.83 Å². The highest BCUT2D eigenvalue weighted by Gasteiger charge is 2.59. The normalized spacial score (nSPS) is 13.8. The highest BCUT2D eigenvalue weighted by Crippen LogP contribution is 2.37. The molecular weight excluding hydrogens is 280 g/mol. The highest BCUT2D eigenvalue weighted by atomic mass is 19.3. The van der Waals surface area contributed by atoms with Gasteiger partial charge in [-0.25, -0.2) is 8.78 Å². The Bertz CT molecular complexity index is 291. The SMILES string of the molecule is C=C(F)C(F)(F)OCC(F)(F)C(F)(F)OCCF. The Balaban J connectivity index is 4.60. The smallest absolute Gasteiger partial charge is 0.313 e. The maximum atomic E-state index is 12.7. The first kappa shape index (κ1) is 17.1. The fourth-order valence-corrected chi connectivity index (χ4v) is 0.616. The van der Waals surface area contributed by atoms with Gasteiger partial charge in [0.25, 0.3) is 0 Å². The van der Waals surface area contributed by atoms with Crippen LogP contribution in [0.25, 0.3) is 0 Å². The van der Waals surface area contributed by atoms with Gasteiger partial charge >= 0.3 is 18.1 Å². The second kappa shape index (κ2) is 5.83. The van der Waals surface area contributed by atoms with E-state index in [0.717, 1.165) is 0 Å². The molecule has 0 spiro atoms. The van der Waals surface area contributed by atoms with Crippen molar-refractivity contribution < 1.29 is 44.6 Å². The first-order chi connectivity index (χ1) is 7.96. The molecule has 0 aromatic rings. The molecule has 0 aliphatic carbocycles. The van der Waals surface area contributed by atoms with E-state index in [4.69, 9.17) is 0 Å². The van der Waals surface area contributed by atoms with Gasteiger partial charge in [-0.05, 0) is 0 Å². The van der Waals surface area contributed by atoms with E-state index in [0.29, 0.717) is 0 Å². The van der Waals surface area contributed by atoms with Crippen molar-refractivity contribution in [3.05, 3.63) is 12.4 Å². The lowest BCUT2D eigenvalue weighted by Crippen LogP contribution is -2.48. The van der Waals surface area contributed by atoms with Crippen LogP contribution in [-0.4, -0.2) is 38.0 Å². The molecule has 0 radical (unpaired) electrons. The molecule has 18 heavy (non-hydrogen) atoms. The Morgan fingerprint density at radius 1 is 1.00 bits per heavy atom. The number of rotatable bonds is 8. The molecule has 108 valence electrons. The number of alkyl halides is 7. The summed E-state index contributed by atoms with van der Waals surface area (Å²) >= 11 is 0. The van der Waals surface area contributed by atoms with Gasteiger partial charge in [-0.1, -0.05) is 6.58 Å². The van der Waals surface area contributed by atoms with E-state index in [1.807, 2.05) is 0 Å². The number of hydrogen-bond donors (Lipinski definition) is 0. The summed E-state index contributed by atoms with van der Waals surface area (Å²) in [4.78, 5) is 0. The van der Waals surface area contributed by atoms with Gasteiger partial charge in [0.05, 0.1) is 6.61 Å². The number of ether oxygens (including phenoxy) is 2. The van der Waals surface area contributed by atoms with Crippen LogP contribution in [0.5, 0.6) is 0 Å². The molecule has 0 N–H and O–H groups in total. The third-order valence-electron chi connectivity index (χ3n) is 1.54. The van der Waals surface area contributed by atoms with E-state index in [2.05, 4.69) is 16.1 Å². The minimum absolute atomic E-state index is 1.37. The van der Waals surface area contributed by atoms with Crippen molar-refractivity contribution in [3.63, 3.8) is 0 Å². The van der Waals surface area contributed by atoms with E-state index in [1.54, 1.807) is 0 Å². The summed E-state index contributed by atoms with van der Waals surface area (Å²) in [5, 5.41) is 0. The van der Waals surface area contributed by atoms with Crippen LogP contribution in [0.3, 0.4) is 0 Å². The van der Waals surface area contributed by atoms with Crippen LogP contribution in [0.1, 0.15) is 0 Å². The minimum Gasteiger partial charge on any atom is -0.313 e. The van der Waals surface area contributed by atoms with Crippen LogP contribution in [0.15, 0.2) is 12.4 Å². The predicted octanol–water partition coefficient (Wildman–Crippen LogP) is 3.29. The van der Waals surface area contributed by atoms with Crippen LogP contribution in [0.2, 0.25) is 0 Å². The molecule has 0 atom stereocenters. The topological polar surface area (TPSA) is 18.5 Å². The van der Waals surface area contributed by atoms with E-state index in [-0.39, 0.29) is 0 Å². The third kappa shape index (κ3) is 4.41. The second-order valence-corrected chi connectivity index (χ2v) is 2.97. The summed E-state index contributed by atoms with van der Waals surface area (Å²) in [6.07, 6.45) is -10.1. The maximum absolute atomic E-state index is 12.7. The van der Waals surface area contributed by atoms with Crippen LogP contribution in [-0.2, 0) is 9.47 Å². The van der Waals surface area contributed by atoms with Crippen molar-refractivity contribution >= 4 is 0 Å². The molecule has 0 aromatic heterocycles. The molecule has 2 nitrogen and oxygen atoms in total. The average Bonchev–Trinajstić information content (AvgIpc) is 2.23. The monoisotopic (exact) mass is 288 g/mol. The molecule has 0 aromatic carbocycles. The first-order valence-electron chi connectivity index (χ1n) is 4.28. The van der Waals surface area contributed by atoms with Crippen LogP contribution in [0.4, 0.5) is 35.1 Å². The largest absolute Gasteiger partial charge is 0.421 e. The summed E-state index contributed by atoms with van der Waals surface area (Å²) in [6, 6.07) is 0. The fourth-order valence-electron chi connectivity index (χ4n) is 0.616. The maximum Gasteiger partial charge on any atom is 0.421 e. The minimum atomic E-state index is -5.23. The van der Waals surface area contributed by atoms with Gasteiger partial charge in [-0.2, -0.15) is 26.3 Å². The molecule has 0 fully saturated rings. The molecule has 0 heterocycles. The molecule has 0 saturated heterocycles. The van der Waals surface area contributed by atoms with Crippen molar-refractivity contribution in [2.24, 2.45) is 0 Å². The molecule has 0 saturated carbocycles. The third-order valence-corrected chi connectivity index (χ3v) is 1.54. The molecule has 10 heteroatoms. The van der Waals surface area contributed by atoms with E-state index >= 15 is 0 Å². The Kier molecular flexibility index (Phi) is 5.54. The second-order valence-electron chi connectivity index (χ2n) is 2.97. The fraction of sp³-hybridized carbons (Fsp3) is 0.750. The molecular formula is C8H8F8O2. The van der Waals surface area contributed by atoms with E-state index in [9.17, 15) is 35.1 Å².